The molecule has 3 nitrogen and oxygen atoms in total. The van der Waals surface area contributed by atoms with Crippen LogP contribution in [0.1, 0.15) is 30.0 Å². The van der Waals surface area contributed by atoms with Gasteiger partial charge in [0.25, 0.3) is 0 Å². The van der Waals surface area contributed by atoms with Gasteiger partial charge < -0.3 is 10.1 Å². The fourth-order valence-corrected chi connectivity index (χ4v) is 4.11. The molecule has 2 unspecified atom stereocenters. The number of halogens is 2. The number of hydrogen-bond donors (Lipinski definition) is 1. The Morgan fingerprint density at radius 2 is 2.00 bits per heavy atom. The van der Waals surface area contributed by atoms with Gasteiger partial charge in [-0.05, 0) is 37.1 Å². The Bertz CT molecular complexity index is 688. The van der Waals surface area contributed by atoms with E-state index in [2.05, 4.69) is 21.2 Å². The Morgan fingerprint density at radius 3 is 2.75 bits per heavy atom. The summed E-state index contributed by atoms with van der Waals surface area (Å²) >= 11 is 9.94. The van der Waals surface area contributed by atoms with Gasteiger partial charge in [0.1, 0.15) is 6.61 Å². The molecule has 0 aromatic heterocycles. The normalized spacial score (nSPS) is 20.6. The van der Waals surface area contributed by atoms with Gasteiger partial charge in [-0.2, -0.15) is 0 Å². The molecule has 0 amide bonds. The van der Waals surface area contributed by atoms with E-state index < -0.39 is 0 Å². The van der Waals surface area contributed by atoms with Crippen molar-refractivity contribution in [3.8, 4) is 0 Å². The summed E-state index contributed by atoms with van der Waals surface area (Å²) in [7, 11) is 0. The zero-order valence-electron chi connectivity index (χ0n) is 13.2. The molecule has 24 heavy (non-hydrogen) atoms. The second-order valence-electron chi connectivity index (χ2n) is 5.91. The molecule has 0 saturated carbocycles. The zero-order chi connectivity index (χ0) is 16.9. The summed E-state index contributed by atoms with van der Waals surface area (Å²) in [6.45, 7) is 1.16. The van der Waals surface area contributed by atoms with E-state index in [4.69, 9.17) is 16.3 Å². The highest BCUT2D eigenvalue weighted by Crippen LogP contribution is 2.38. The molecule has 1 aliphatic heterocycles. The number of hydrogen-bond acceptors (Lipinski definition) is 3. The molecule has 0 aliphatic carbocycles. The fraction of sp³-hybridized carbons (Fsp3) is 0.316. The molecular weight excluding hydrogens is 390 g/mol. The molecular formula is C19H19BrClNO2. The van der Waals surface area contributed by atoms with Crippen molar-refractivity contribution in [2.45, 2.75) is 25.5 Å². The van der Waals surface area contributed by atoms with Crippen molar-refractivity contribution in [1.82, 2.24) is 5.32 Å². The molecule has 1 N–H and O–H groups in total. The Hall–Kier alpha value is -1.36. The molecule has 0 spiro atoms. The first-order valence-electron chi connectivity index (χ1n) is 8.04. The monoisotopic (exact) mass is 407 g/mol. The third-order valence-electron chi connectivity index (χ3n) is 4.30. The number of carbonyl (C=O) groups excluding carboxylic acids is 1. The maximum absolute atomic E-state index is 12.7. The van der Waals surface area contributed by atoms with Crippen LogP contribution in [0.4, 0.5) is 0 Å². The first-order valence-corrected chi connectivity index (χ1v) is 9.22. The van der Waals surface area contributed by atoms with Crippen LogP contribution in [0.5, 0.6) is 0 Å². The van der Waals surface area contributed by atoms with Gasteiger partial charge >= 0.3 is 5.97 Å². The van der Waals surface area contributed by atoms with Gasteiger partial charge in [-0.3, -0.25) is 4.79 Å². The number of piperidine rings is 1. The largest absolute Gasteiger partial charge is 0.461 e. The zero-order valence-corrected chi connectivity index (χ0v) is 15.5. The van der Waals surface area contributed by atoms with Gasteiger partial charge in [-0.25, -0.2) is 0 Å². The molecule has 126 valence electrons. The van der Waals surface area contributed by atoms with Crippen LogP contribution >= 0.6 is 27.5 Å². The molecule has 0 radical (unpaired) electrons. The minimum atomic E-state index is -0.237. The highest BCUT2D eigenvalue weighted by Gasteiger charge is 2.35. The van der Waals surface area contributed by atoms with Crippen molar-refractivity contribution < 1.29 is 9.53 Å². The Kier molecular flexibility index (Phi) is 5.93. The molecule has 2 atom stereocenters. The smallest absolute Gasteiger partial charge is 0.311 e. The lowest BCUT2D eigenvalue weighted by Crippen LogP contribution is -2.39. The summed E-state index contributed by atoms with van der Waals surface area (Å²) in [5, 5.41) is 4.09. The molecule has 2 aromatic rings. The molecule has 3 rings (SSSR count). The molecule has 1 heterocycles. The lowest BCUT2D eigenvalue weighted by molar-refractivity contribution is -0.152. The van der Waals surface area contributed by atoms with Crippen molar-refractivity contribution in [3.05, 3.63) is 69.2 Å². The second kappa shape index (κ2) is 8.15. The van der Waals surface area contributed by atoms with Gasteiger partial charge in [-0.15, -0.1) is 0 Å². The van der Waals surface area contributed by atoms with Crippen molar-refractivity contribution >= 4 is 33.5 Å². The maximum atomic E-state index is 12.7. The quantitative estimate of drug-likeness (QED) is 0.732. The van der Waals surface area contributed by atoms with Crippen LogP contribution in [-0.2, 0) is 16.1 Å². The van der Waals surface area contributed by atoms with Gasteiger partial charge in [0, 0.05) is 21.1 Å². The van der Waals surface area contributed by atoms with E-state index in [1.807, 2.05) is 48.5 Å². The topological polar surface area (TPSA) is 38.3 Å². The van der Waals surface area contributed by atoms with E-state index in [1.54, 1.807) is 0 Å². The van der Waals surface area contributed by atoms with Crippen molar-refractivity contribution in [1.29, 1.82) is 0 Å². The summed E-state index contributed by atoms with van der Waals surface area (Å²) < 4.78 is 6.47. The van der Waals surface area contributed by atoms with Gasteiger partial charge in [0.2, 0.25) is 0 Å². The van der Waals surface area contributed by atoms with Gasteiger partial charge in [0.05, 0.1) is 5.92 Å². The van der Waals surface area contributed by atoms with Crippen LogP contribution in [0.3, 0.4) is 0 Å². The standard InChI is InChI=1S/C19H19BrClNO2/c20-15-9-4-10-16(21)17(15)18-14(8-5-11-22-18)19(23)24-12-13-6-2-1-3-7-13/h1-4,6-7,9-10,14,18,22H,5,8,11-12H2. The fourth-order valence-electron chi connectivity index (χ4n) is 3.09. The summed E-state index contributed by atoms with van der Waals surface area (Å²) in [5.74, 6) is -0.415. The first-order chi connectivity index (χ1) is 11.7. The number of nitrogens with one attached hydrogen (secondary N) is 1. The predicted octanol–water partition coefficient (Wildman–Crippen LogP) is 4.89. The SMILES string of the molecule is O=C(OCc1ccccc1)C1CCCNC1c1c(Cl)cccc1Br. The minimum absolute atomic E-state index is 0.134. The number of esters is 1. The van der Waals surface area contributed by atoms with Crippen LogP contribution in [0.2, 0.25) is 5.02 Å². The molecule has 0 bridgehead atoms. The van der Waals surface area contributed by atoms with Crippen molar-refractivity contribution in [2.24, 2.45) is 5.92 Å². The van der Waals surface area contributed by atoms with Crippen LogP contribution < -0.4 is 5.32 Å². The molecule has 1 saturated heterocycles. The van der Waals surface area contributed by atoms with E-state index in [9.17, 15) is 4.79 Å². The van der Waals surface area contributed by atoms with E-state index in [0.29, 0.717) is 11.6 Å². The lowest BCUT2D eigenvalue weighted by Gasteiger charge is -2.32. The number of benzene rings is 2. The highest BCUT2D eigenvalue weighted by molar-refractivity contribution is 9.10. The Balaban J connectivity index is 1.76. The highest BCUT2D eigenvalue weighted by atomic mass is 79.9. The van der Waals surface area contributed by atoms with Crippen LogP contribution in [0, 0.1) is 5.92 Å². The van der Waals surface area contributed by atoms with Gasteiger partial charge in [-0.1, -0.05) is 63.9 Å². The lowest BCUT2D eigenvalue weighted by atomic mass is 9.86. The summed E-state index contributed by atoms with van der Waals surface area (Å²) in [4.78, 5) is 12.7. The first kappa shape index (κ1) is 17.5. The third kappa shape index (κ3) is 4.00. The Morgan fingerprint density at radius 1 is 1.21 bits per heavy atom. The molecule has 5 heteroatoms. The van der Waals surface area contributed by atoms with E-state index >= 15 is 0 Å². The second-order valence-corrected chi connectivity index (χ2v) is 7.17. The molecule has 1 aliphatic rings. The van der Waals surface area contributed by atoms with Crippen molar-refractivity contribution in [2.75, 3.05) is 6.54 Å². The average molecular weight is 409 g/mol. The van der Waals surface area contributed by atoms with Gasteiger partial charge in [0.15, 0.2) is 0 Å². The van der Waals surface area contributed by atoms with E-state index in [0.717, 1.165) is 35.0 Å². The minimum Gasteiger partial charge on any atom is -0.461 e. The summed E-state index contributed by atoms with van der Waals surface area (Å²) in [6.07, 6.45) is 1.74. The summed E-state index contributed by atoms with van der Waals surface area (Å²) in [6, 6.07) is 15.3. The van der Waals surface area contributed by atoms with Crippen LogP contribution in [0.15, 0.2) is 53.0 Å². The third-order valence-corrected chi connectivity index (χ3v) is 5.32. The molecule has 1 fully saturated rings. The van der Waals surface area contributed by atoms with E-state index in [1.165, 1.54) is 0 Å². The number of rotatable bonds is 4. The molecule has 2 aromatic carbocycles. The van der Waals surface area contributed by atoms with Crippen LogP contribution in [0.25, 0.3) is 0 Å². The Labute approximate surface area is 155 Å². The predicted molar refractivity (Wildman–Crippen MR) is 98.9 cm³/mol. The average Bonchev–Trinajstić information content (AvgIpc) is 2.61. The number of carbonyl (C=O) groups is 1. The number of ether oxygens (including phenoxy) is 1. The summed E-state index contributed by atoms with van der Waals surface area (Å²) in [5.41, 5.74) is 1.92. The maximum Gasteiger partial charge on any atom is 0.311 e. The van der Waals surface area contributed by atoms with E-state index in [-0.39, 0.29) is 17.9 Å². The van der Waals surface area contributed by atoms with Crippen LogP contribution in [-0.4, -0.2) is 12.5 Å². The van der Waals surface area contributed by atoms with Crippen molar-refractivity contribution in [3.63, 3.8) is 0 Å².